The zero-order chi connectivity index (χ0) is 6.69. The lowest BCUT2D eigenvalue weighted by molar-refractivity contribution is 0.144. The van der Waals surface area contributed by atoms with E-state index >= 15 is 0 Å². The maximum atomic E-state index is 12.0. The molecule has 1 aliphatic heterocycles. The van der Waals surface area contributed by atoms with Gasteiger partial charge in [0, 0.05) is 25.7 Å². The van der Waals surface area contributed by atoms with Gasteiger partial charge in [-0.25, -0.2) is 4.39 Å². The van der Waals surface area contributed by atoms with Gasteiger partial charge >= 0.3 is 0 Å². The van der Waals surface area contributed by atoms with Crippen LogP contribution < -0.4 is 5.32 Å². The zero-order valence-corrected chi connectivity index (χ0v) is 5.73. The highest BCUT2D eigenvalue weighted by Gasteiger charge is 2.13. The van der Waals surface area contributed by atoms with E-state index in [4.69, 9.17) is 0 Å². The van der Waals surface area contributed by atoms with Crippen LogP contribution in [-0.2, 0) is 0 Å². The molecule has 0 spiro atoms. The van der Waals surface area contributed by atoms with E-state index in [1.807, 2.05) is 0 Å². The molecule has 0 aromatic heterocycles. The van der Waals surface area contributed by atoms with Crippen LogP contribution in [0.25, 0.3) is 0 Å². The SMILES string of the molecule is CC1CN(CF)CCN1. The van der Waals surface area contributed by atoms with Crippen molar-refractivity contribution in [3.63, 3.8) is 0 Å². The molecule has 0 aromatic carbocycles. The van der Waals surface area contributed by atoms with Gasteiger partial charge in [0.2, 0.25) is 0 Å². The first-order chi connectivity index (χ1) is 4.33. The maximum Gasteiger partial charge on any atom is 0.143 e. The van der Waals surface area contributed by atoms with E-state index in [2.05, 4.69) is 12.2 Å². The Kier molecular flexibility index (Phi) is 2.42. The van der Waals surface area contributed by atoms with E-state index in [9.17, 15) is 4.39 Å². The van der Waals surface area contributed by atoms with Crippen LogP contribution in [0.3, 0.4) is 0 Å². The first-order valence-corrected chi connectivity index (χ1v) is 3.34. The van der Waals surface area contributed by atoms with Crippen LogP contribution >= 0.6 is 0 Å². The van der Waals surface area contributed by atoms with Crippen molar-refractivity contribution in [3.05, 3.63) is 0 Å². The van der Waals surface area contributed by atoms with Gasteiger partial charge in [-0.15, -0.1) is 0 Å². The standard InChI is InChI=1S/C6H13FN2/c1-6-4-9(5-7)3-2-8-6/h6,8H,2-5H2,1H3. The van der Waals surface area contributed by atoms with Crippen molar-refractivity contribution in [1.29, 1.82) is 0 Å². The van der Waals surface area contributed by atoms with Crippen molar-refractivity contribution in [2.75, 3.05) is 26.4 Å². The second-order valence-electron chi connectivity index (χ2n) is 2.55. The van der Waals surface area contributed by atoms with E-state index in [-0.39, 0.29) is 6.80 Å². The largest absolute Gasteiger partial charge is 0.312 e. The molecule has 0 bridgehead atoms. The summed E-state index contributed by atoms with van der Waals surface area (Å²) in [4.78, 5) is 1.81. The third-order valence-corrected chi connectivity index (χ3v) is 1.62. The minimum atomic E-state index is -0.300. The smallest absolute Gasteiger partial charge is 0.143 e. The number of nitrogens with zero attached hydrogens (tertiary/aromatic N) is 1. The molecule has 1 aliphatic rings. The first-order valence-electron chi connectivity index (χ1n) is 3.34. The van der Waals surface area contributed by atoms with Gasteiger partial charge in [-0.2, -0.15) is 0 Å². The molecule has 54 valence electrons. The quantitative estimate of drug-likeness (QED) is 0.513. The second-order valence-corrected chi connectivity index (χ2v) is 2.55. The van der Waals surface area contributed by atoms with Crippen molar-refractivity contribution < 1.29 is 4.39 Å². The monoisotopic (exact) mass is 132 g/mol. The normalized spacial score (nSPS) is 30.7. The third kappa shape index (κ3) is 1.91. The molecule has 9 heavy (non-hydrogen) atoms. The highest BCUT2D eigenvalue weighted by atomic mass is 19.1. The Bertz CT molecular complexity index is 87.1. The predicted molar refractivity (Wildman–Crippen MR) is 35.0 cm³/mol. The van der Waals surface area contributed by atoms with Crippen molar-refractivity contribution >= 4 is 0 Å². The van der Waals surface area contributed by atoms with Gasteiger partial charge in [-0.05, 0) is 6.92 Å². The molecule has 0 amide bonds. The number of alkyl halides is 1. The summed E-state index contributed by atoms with van der Waals surface area (Å²) in [5.74, 6) is 0. The van der Waals surface area contributed by atoms with Gasteiger partial charge in [-0.1, -0.05) is 0 Å². The summed E-state index contributed by atoms with van der Waals surface area (Å²) in [5, 5.41) is 3.24. The fourth-order valence-corrected chi connectivity index (χ4v) is 1.12. The van der Waals surface area contributed by atoms with Crippen LogP contribution in [0.5, 0.6) is 0 Å². The van der Waals surface area contributed by atoms with Gasteiger partial charge in [0.05, 0.1) is 0 Å². The summed E-state index contributed by atoms with van der Waals surface area (Å²) >= 11 is 0. The fourth-order valence-electron chi connectivity index (χ4n) is 1.12. The highest BCUT2D eigenvalue weighted by Crippen LogP contribution is 1.96. The average molecular weight is 132 g/mol. The molecule has 1 unspecified atom stereocenters. The van der Waals surface area contributed by atoms with Crippen LogP contribution in [0.4, 0.5) is 4.39 Å². The van der Waals surface area contributed by atoms with Crippen molar-refractivity contribution in [3.8, 4) is 0 Å². The number of hydrogen-bond donors (Lipinski definition) is 1. The lowest BCUT2D eigenvalue weighted by Gasteiger charge is -2.29. The lowest BCUT2D eigenvalue weighted by atomic mass is 10.2. The Morgan fingerprint density at radius 3 is 3.00 bits per heavy atom. The molecule has 3 heteroatoms. The first kappa shape index (κ1) is 6.96. The summed E-state index contributed by atoms with van der Waals surface area (Å²) in [5.41, 5.74) is 0. The van der Waals surface area contributed by atoms with E-state index in [0.29, 0.717) is 6.04 Å². The van der Waals surface area contributed by atoms with Crippen LogP contribution in [0.2, 0.25) is 0 Å². The Labute approximate surface area is 55.0 Å². The van der Waals surface area contributed by atoms with Gasteiger partial charge in [0.1, 0.15) is 6.80 Å². The van der Waals surface area contributed by atoms with E-state index in [1.54, 1.807) is 4.90 Å². The number of rotatable bonds is 1. The zero-order valence-electron chi connectivity index (χ0n) is 5.73. The van der Waals surface area contributed by atoms with Gasteiger partial charge < -0.3 is 5.32 Å². The highest BCUT2D eigenvalue weighted by molar-refractivity contribution is 4.72. The van der Waals surface area contributed by atoms with Gasteiger partial charge in [0.15, 0.2) is 0 Å². The second kappa shape index (κ2) is 3.13. The van der Waals surface area contributed by atoms with E-state index in [0.717, 1.165) is 19.6 Å². The fraction of sp³-hybridized carbons (Fsp3) is 1.00. The number of nitrogens with one attached hydrogen (secondary N) is 1. The molecule has 0 aromatic rings. The van der Waals surface area contributed by atoms with Crippen molar-refractivity contribution in [2.45, 2.75) is 13.0 Å². The Morgan fingerprint density at radius 1 is 1.78 bits per heavy atom. The van der Waals surface area contributed by atoms with Crippen LogP contribution in [0, 0.1) is 0 Å². The molecule has 1 heterocycles. The molecule has 0 saturated carbocycles. The maximum absolute atomic E-state index is 12.0. The van der Waals surface area contributed by atoms with Gasteiger partial charge in [-0.3, -0.25) is 4.90 Å². The van der Waals surface area contributed by atoms with Crippen molar-refractivity contribution in [1.82, 2.24) is 10.2 Å². The average Bonchev–Trinajstić information content (AvgIpc) is 1.88. The molecular weight excluding hydrogens is 119 g/mol. The number of piperazine rings is 1. The minimum Gasteiger partial charge on any atom is -0.312 e. The number of hydrogen-bond acceptors (Lipinski definition) is 2. The van der Waals surface area contributed by atoms with Crippen LogP contribution in [0.1, 0.15) is 6.92 Å². The molecular formula is C6H13FN2. The van der Waals surface area contributed by atoms with Crippen LogP contribution in [-0.4, -0.2) is 37.4 Å². The molecule has 1 rings (SSSR count). The summed E-state index contributed by atoms with van der Waals surface area (Å²) in [6.45, 7) is 4.39. The molecule has 0 aliphatic carbocycles. The van der Waals surface area contributed by atoms with Gasteiger partial charge in [0.25, 0.3) is 0 Å². The summed E-state index contributed by atoms with van der Waals surface area (Å²) in [6.07, 6.45) is 0. The predicted octanol–water partition coefficient (Wildman–Crippen LogP) is 0.207. The molecule has 2 nitrogen and oxygen atoms in total. The summed E-state index contributed by atoms with van der Waals surface area (Å²) < 4.78 is 12.0. The Hall–Kier alpha value is -0.150. The Morgan fingerprint density at radius 2 is 2.56 bits per heavy atom. The topological polar surface area (TPSA) is 15.3 Å². The Balaban J connectivity index is 2.23. The number of halogens is 1. The molecule has 1 atom stereocenters. The molecule has 1 saturated heterocycles. The molecule has 1 fully saturated rings. The lowest BCUT2D eigenvalue weighted by Crippen LogP contribution is -2.48. The minimum absolute atomic E-state index is 0.300. The van der Waals surface area contributed by atoms with E-state index in [1.165, 1.54) is 0 Å². The summed E-state index contributed by atoms with van der Waals surface area (Å²) in [7, 11) is 0. The van der Waals surface area contributed by atoms with Crippen molar-refractivity contribution in [2.24, 2.45) is 0 Å². The van der Waals surface area contributed by atoms with E-state index < -0.39 is 0 Å². The van der Waals surface area contributed by atoms with Crippen LogP contribution in [0.15, 0.2) is 0 Å². The third-order valence-electron chi connectivity index (χ3n) is 1.62. The molecule has 1 N–H and O–H groups in total. The molecule has 0 radical (unpaired) electrons. The summed E-state index contributed by atoms with van der Waals surface area (Å²) in [6, 6.07) is 0.453.